The van der Waals surface area contributed by atoms with Gasteiger partial charge in [-0.2, -0.15) is 5.10 Å². The number of aromatic amines is 1. The van der Waals surface area contributed by atoms with Crippen molar-refractivity contribution in [1.29, 1.82) is 0 Å². The smallest absolute Gasteiger partial charge is 0.272 e. The molecule has 20 heavy (non-hydrogen) atoms. The van der Waals surface area contributed by atoms with E-state index < -0.39 is 0 Å². The molecule has 1 aromatic carbocycles. The first-order valence-electron chi connectivity index (χ1n) is 6.60. The Morgan fingerprint density at radius 1 is 1.25 bits per heavy atom. The average Bonchev–Trinajstić information content (AvgIpc) is 2.36. The number of nitrogens with one attached hydrogen (secondary N) is 2. The van der Waals surface area contributed by atoms with E-state index in [9.17, 15) is 9.59 Å². The predicted octanol–water partition coefficient (Wildman–Crippen LogP) is 1.98. The monoisotopic (exact) mass is 273 g/mol. The molecule has 0 atom stereocenters. The zero-order chi connectivity index (χ0) is 14.8. The molecular weight excluding hydrogens is 254 g/mol. The first-order chi connectivity index (χ1) is 9.37. The summed E-state index contributed by atoms with van der Waals surface area (Å²) in [6, 6.07) is 7.24. The number of rotatable bonds is 3. The van der Waals surface area contributed by atoms with Gasteiger partial charge >= 0.3 is 0 Å². The fourth-order valence-corrected chi connectivity index (χ4v) is 2.03. The van der Waals surface area contributed by atoms with E-state index in [4.69, 9.17) is 0 Å². The zero-order valence-electron chi connectivity index (χ0n) is 12.0. The van der Waals surface area contributed by atoms with E-state index >= 15 is 0 Å². The summed E-state index contributed by atoms with van der Waals surface area (Å²) in [5, 5.41) is 10.7. The number of carbonyl (C=O) groups is 1. The molecule has 0 radical (unpaired) electrons. The molecule has 0 aliphatic heterocycles. The van der Waals surface area contributed by atoms with Crippen LogP contribution in [0.3, 0.4) is 0 Å². The van der Waals surface area contributed by atoms with Crippen molar-refractivity contribution in [2.24, 2.45) is 5.41 Å². The summed E-state index contributed by atoms with van der Waals surface area (Å²) < 4.78 is 0. The summed E-state index contributed by atoms with van der Waals surface area (Å²) in [6.45, 7) is 6.35. The second-order valence-electron chi connectivity index (χ2n) is 6.06. The summed E-state index contributed by atoms with van der Waals surface area (Å²) in [4.78, 5) is 23.5. The molecule has 0 spiro atoms. The molecule has 1 amide bonds. The first-order valence-corrected chi connectivity index (χ1v) is 6.60. The highest BCUT2D eigenvalue weighted by Crippen LogP contribution is 2.18. The van der Waals surface area contributed by atoms with E-state index in [0.29, 0.717) is 24.0 Å². The van der Waals surface area contributed by atoms with E-state index in [2.05, 4.69) is 15.5 Å². The Morgan fingerprint density at radius 3 is 2.55 bits per heavy atom. The van der Waals surface area contributed by atoms with Crippen LogP contribution >= 0.6 is 0 Å². The minimum absolute atomic E-state index is 0.0189. The average molecular weight is 273 g/mol. The fourth-order valence-electron chi connectivity index (χ4n) is 2.03. The van der Waals surface area contributed by atoms with Gasteiger partial charge in [0.1, 0.15) is 0 Å². The standard InChI is InChI=1S/C15H19N3O2/c1-15(2,3)8-13(19)16-9-12-10-6-4-5-7-11(10)14(20)18-17-12/h4-7H,8-9H2,1-3H3,(H,16,19)(H,18,20). The van der Waals surface area contributed by atoms with Crippen molar-refractivity contribution in [3.05, 3.63) is 40.3 Å². The lowest BCUT2D eigenvalue weighted by atomic mass is 9.92. The maximum Gasteiger partial charge on any atom is 0.272 e. The third kappa shape index (κ3) is 3.44. The van der Waals surface area contributed by atoms with Gasteiger partial charge in [-0.25, -0.2) is 5.10 Å². The maximum atomic E-state index is 11.8. The van der Waals surface area contributed by atoms with Gasteiger partial charge in [0, 0.05) is 11.8 Å². The molecule has 106 valence electrons. The summed E-state index contributed by atoms with van der Waals surface area (Å²) >= 11 is 0. The summed E-state index contributed by atoms with van der Waals surface area (Å²) in [5.41, 5.74) is 0.401. The minimum atomic E-state index is -0.217. The van der Waals surface area contributed by atoms with Crippen molar-refractivity contribution >= 4 is 16.7 Å². The van der Waals surface area contributed by atoms with Crippen molar-refractivity contribution in [3.8, 4) is 0 Å². The minimum Gasteiger partial charge on any atom is -0.350 e. The number of hydrogen-bond donors (Lipinski definition) is 2. The topological polar surface area (TPSA) is 74.8 Å². The lowest BCUT2D eigenvalue weighted by Gasteiger charge is -2.17. The number of aromatic nitrogens is 2. The second kappa shape index (κ2) is 5.45. The van der Waals surface area contributed by atoms with E-state index in [0.717, 1.165) is 5.39 Å². The van der Waals surface area contributed by atoms with Crippen molar-refractivity contribution in [3.63, 3.8) is 0 Å². The lowest BCUT2D eigenvalue weighted by Crippen LogP contribution is -2.28. The Morgan fingerprint density at radius 2 is 1.90 bits per heavy atom. The van der Waals surface area contributed by atoms with Crippen LogP contribution in [0, 0.1) is 5.41 Å². The Hall–Kier alpha value is -2.17. The molecule has 0 saturated carbocycles. The molecule has 0 saturated heterocycles. The van der Waals surface area contributed by atoms with Gasteiger partial charge in [0.05, 0.1) is 17.6 Å². The van der Waals surface area contributed by atoms with Gasteiger partial charge in [0.25, 0.3) is 5.56 Å². The van der Waals surface area contributed by atoms with Crippen LogP contribution < -0.4 is 10.9 Å². The van der Waals surface area contributed by atoms with Gasteiger partial charge < -0.3 is 5.32 Å². The van der Waals surface area contributed by atoms with E-state index in [1.54, 1.807) is 12.1 Å². The normalized spacial score (nSPS) is 11.6. The molecule has 2 aromatic rings. The van der Waals surface area contributed by atoms with Crippen LogP contribution in [0.1, 0.15) is 32.9 Å². The van der Waals surface area contributed by atoms with Gasteiger partial charge in [-0.3, -0.25) is 9.59 Å². The summed E-state index contributed by atoms with van der Waals surface area (Å²) in [7, 11) is 0. The van der Waals surface area contributed by atoms with E-state index in [-0.39, 0.29) is 16.9 Å². The van der Waals surface area contributed by atoms with Gasteiger partial charge in [-0.1, -0.05) is 39.0 Å². The Balaban J connectivity index is 2.17. The zero-order valence-corrected chi connectivity index (χ0v) is 12.0. The second-order valence-corrected chi connectivity index (χ2v) is 6.06. The van der Waals surface area contributed by atoms with Crippen LogP contribution in [0.5, 0.6) is 0 Å². The highest BCUT2D eigenvalue weighted by Gasteiger charge is 2.16. The molecule has 5 nitrogen and oxygen atoms in total. The summed E-state index contributed by atoms with van der Waals surface area (Å²) in [5.74, 6) is -0.0189. The van der Waals surface area contributed by atoms with Gasteiger partial charge in [-0.15, -0.1) is 0 Å². The molecule has 0 unspecified atom stereocenters. The number of amides is 1. The molecule has 0 aliphatic carbocycles. The largest absolute Gasteiger partial charge is 0.350 e. The van der Waals surface area contributed by atoms with Crippen LogP contribution in [0.15, 0.2) is 29.1 Å². The molecule has 1 aromatic heterocycles. The molecule has 2 rings (SSSR count). The maximum absolute atomic E-state index is 11.8. The van der Waals surface area contributed by atoms with Gasteiger partial charge in [0.15, 0.2) is 0 Å². The Bertz CT molecular complexity index is 683. The number of hydrogen-bond acceptors (Lipinski definition) is 3. The highest BCUT2D eigenvalue weighted by molar-refractivity contribution is 5.84. The molecule has 0 fully saturated rings. The number of carbonyl (C=O) groups excluding carboxylic acids is 1. The molecule has 5 heteroatoms. The number of nitrogens with zero attached hydrogens (tertiary/aromatic N) is 1. The van der Waals surface area contributed by atoms with Crippen LogP contribution in [0.2, 0.25) is 0 Å². The quantitative estimate of drug-likeness (QED) is 0.898. The molecule has 2 N–H and O–H groups in total. The Labute approximate surface area is 117 Å². The van der Waals surface area contributed by atoms with Crippen molar-refractivity contribution in [1.82, 2.24) is 15.5 Å². The SMILES string of the molecule is CC(C)(C)CC(=O)NCc1n[nH]c(=O)c2ccccc12. The van der Waals surface area contributed by atoms with Crippen molar-refractivity contribution in [2.75, 3.05) is 0 Å². The lowest BCUT2D eigenvalue weighted by molar-refractivity contribution is -0.122. The van der Waals surface area contributed by atoms with Crippen LogP contribution in [-0.2, 0) is 11.3 Å². The fraction of sp³-hybridized carbons (Fsp3) is 0.400. The number of benzene rings is 1. The third-order valence-electron chi connectivity index (χ3n) is 2.92. The molecule has 0 bridgehead atoms. The molecular formula is C15H19N3O2. The number of fused-ring (bicyclic) bond motifs is 1. The van der Waals surface area contributed by atoms with Crippen LogP contribution in [0.4, 0.5) is 0 Å². The van der Waals surface area contributed by atoms with Crippen LogP contribution in [0.25, 0.3) is 10.8 Å². The predicted molar refractivity (Wildman–Crippen MR) is 78.3 cm³/mol. The first kappa shape index (κ1) is 14.2. The van der Waals surface area contributed by atoms with Crippen molar-refractivity contribution < 1.29 is 4.79 Å². The Kier molecular flexibility index (Phi) is 3.88. The summed E-state index contributed by atoms with van der Waals surface area (Å²) in [6.07, 6.45) is 0.453. The highest BCUT2D eigenvalue weighted by atomic mass is 16.1. The van der Waals surface area contributed by atoms with Gasteiger partial charge in [0.2, 0.25) is 5.91 Å². The third-order valence-corrected chi connectivity index (χ3v) is 2.92. The van der Waals surface area contributed by atoms with Crippen LogP contribution in [-0.4, -0.2) is 16.1 Å². The number of H-pyrrole nitrogens is 1. The molecule has 1 heterocycles. The van der Waals surface area contributed by atoms with Crippen molar-refractivity contribution in [2.45, 2.75) is 33.7 Å². The van der Waals surface area contributed by atoms with Gasteiger partial charge in [-0.05, 0) is 11.5 Å². The van der Waals surface area contributed by atoms with E-state index in [1.807, 2.05) is 32.9 Å². The van der Waals surface area contributed by atoms with E-state index in [1.165, 1.54) is 0 Å². The molecule has 0 aliphatic rings.